The first kappa shape index (κ1) is 83.1. The first-order valence-corrected chi connectivity index (χ1v) is 37.4. The van der Waals surface area contributed by atoms with Gasteiger partial charge in [0.15, 0.2) is 12.2 Å². The highest BCUT2D eigenvalue weighted by Crippen LogP contribution is 2.45. The molecule has 0 radical (unpaired) electrons. The Bertz CT molecular complexity index is 1690. The largest absolute Gasteiger partial charge is 0.472 e. The highest BCUT2D eigenvalue weighted by molar-refractivity contribution is 7.47. The maximum atomic E-state index is 13.0. The van der Waals surface area contributed by atoms with Gasteiger partial charge in [-0.3, -0.25) is 37.3 Å². The van der Waals surface area contributed by atoms with Crippen LogP contribution in [0.15, 0.2) is 0 Å². The topological polar surface area (TPSA) is 237 Å². The number of phosphoric ester groups is 2. The van der Waals surface area contributed by atoms with E-state index in [9.17, 15) is 43.2 Å². The summed E-state index contributed by atoms with van der Waals surface area (Å²) in [6.07, 6.45) is 38.8. The quantitative estimate of drug-likeness (QED) is 0.0222. The molecular weight excluding hydrogens is 1130 g/mol. The lowest BCUT2D eigenvalue weighted by atomic mass is 9.99. The lowest BCUT2D eigenvalue weighted by Gasteiger charge is -2.21. The maximum Gasteiger partial charge on any atom is 0.472 e. The fourth-order valence-corrected chi connectivity index (χ4v) is 11.3. The first-order chi connectivity index (χ1) is 40.8. The number of phosphoric acid groups is 2. The van der Waals surface area contributed by atoms with Gasteiger partial charge in [-0.2, -0.15) is 0 Å². The number of hydrogen-bond donors (Lipinski definition) is 3. The summed E-state index contributed by atoms with van der Waals surface area (Å²) >= 11 is 0. The molecule has 7 atom stereocenters. The van der Waals surface area contributed by atoms with Gasteiger partial charge < -0.3 is 33.8 Å². The molecule has 0 aliphatic heterocycles. The number of hydrogen-bond acceptors (Lipinski definition) is 15. The summed E-state index contributed by atoms with van der Waals surface area (Å²) in [4.78, 5) is 72.3. The molecule has 3 N–H and O–H groups in total. The molecule has 4 unspecified atom stereocenters. The highest BCUT2D eigenvalue weighted by Gasteiger charge is 2.30. The number of aliphatic hydroxyl groups excluding tert-OH is 1. The zero-order chi connectivity index (χ0) is 63.1. The third-order valence-corrected chi connectivity index (χ3v) is 17.8. The third-order valence-electron chi connectivity index (χ3n) is 15.9. The van der Waals surface area contributed by atoms with E-state index >= 15 is 0 Å². The summed E-state index contributed by atoms with van der Waals surface area (Å²) in [5, 5.41) is 10.6. The van der Waals surface area contributed by atoms with Gasteiger partial charge in [-0.25, -0.2) is 9.13 Å². The van der Waals surface area contributed by atoms with Crippen molar-refractivity contribution in [3.63, 3.8) is 0 Å². The average Bonchev–Trinajstić information content (AvgIpc) is 3.50. The Balaban J connectivity index is 5.27. The Morgan fingerprint density at radius 3 is 0.894 bits per heavy atom. The smallest absolute Gasteiger partial charge is 0.462 e. The molecule has 0 spiro atoms. The van der Waals surface area contributed by atoms with Crippen LogP contribution in [0.1, 0.15) is 325 Å². The lowest BCUT2D eigenvalue weighted by molar-refractivity contribution is -0.161. The lowest BCUT2D eigenvalue weighted by Crippen LogP contribution is -2.30. The zero-order valence-corrected chi connectivity index (χ0v) is 56.9. The van der Waals surface area contributed by atoms with Crippen molar-refractivity contribution in [3.05, 3.63) is 0 Å². The molecule has 0 aromatic heterocycles. The Kier molecular flexibility index (Phi) is 55.9. The van der Waals surface area contributed by atoms with E-state index in [4.69, 9.17) is 37.0 Å². The van der Waals surface area contributed by atoms with E-state index in [1.807, 2.05) is 0 Å². The summed E-state index contributed by atoms with van der Waals surface area (Å²) in [6, 6.07) is 0. The van der Waals surface area contributed by atoms with E-state index in [1.165, 1.54) is 128 Å². The van der Waals surface area contributed by atoms with Crippen molar-refractivity contribution in [2.24, 2.45) is 17.8 Å². The summed E-state index contributed by atoms with van der Waals surface area (Å²) in [5.41, 5.74) is 0. The molecule has 0 amide bonds. The van der Waals surface area contributed by atoms with Gasteiger partial charge in [0.05, 0.1) is 26.4 Å². The number of ether oxygens (including phenoxy) is 4. The first-order valence-electron chi connectivity index (χ1n) is 34.4. The van der Waals surface area contributed by atoms with Crippen LogP contribution in [0.2, 0.25) is 0 Å². The van der Waals surface area contributed by atoms with Gasteiger partial charge in [0, 0.05) is 25.7 Å². The van der Waals surface area contributed by atoms with Gasteiger partial charge in [-0.1, -0.05) is 273 Å². The van der Waals surface area contributed by atoms with E-state index in [-0.39, 0.29) is 25.7 Å². The molecule has 0 heterocycles. The van der Waals surface area contributed by atoms with Gasteiger partial charge in [0.25, 0.3) is 0 Å². The molecule has 0 saturated heterocycles. The molecule has 0 aromatic carbocycles. The number of unbranched alkanes of at least 4 members (excludes halogenated alkanes) is 30. The number of rotatable bonds is 64. The second kappa shape index (κ2) is 57.2. The van der Waals surface area contributed by atoms with Crippen molar-refractivity contribution in [3.8, 4) is 0 Å². The van der Waals surface area contributed by atoms with Crippen LogP contribution in [0.4, 0.5) is 0 Å². The predicted octanol–water partition coefficient (Wildman–Crippen LogP) is 18.3. The van der Waals surface area contributed by atoms with E-state index < -0.39 is 97.5 Å². The molecular formula is C66H128O17P2. The van der Waals surface area contributed by atoms with Crippen LogP contribution in [0.5, 0.6) is 0 Å². The van der Waals surface area contributed by atoms with Crippen molar-refractivity contribution in [2.45, 2.75) is 343 Å². The molecule has 504 valence electrons. The summed E-state index contributed by atoms with van der Waals surface area (Å²) in [7, 11) is -9.89. The number of aliphatic hydroxyl groups is 1. The van der Waals surface area contributed by atoms with Crippen molar-refractivity contribution in [1.82, 2.24) is 0 Å². The van der Waals surface area contributed by atoms with E-state index in [0.717, 1.165) is 108 Å². The average molecular weight is 1260 g/mol. The number of carbonyl (C=O) groups excluding carboxylic acids is 4. The standard InChI is InChI=1S/C66H128O17P2/c1-8-11-12-13-14-15-16-17-27-35-42-49-65(70)82-62(54-77-64(69)48-41-34-29-22-23-30-37-44-57(4)5)56-81-85(74,75)79-52-60(67)51-78-84(72,73)80-55-61(83-66(71)50-43-36-28-21-19-25-32-39-46-59(7)10-3)53-76-63(68)47-40-33-26-20-18-24-31-38-45-58(6)9-2/h57-62,67H,8-56H2,1-7H3,(H,72,73)(H,74,75)/t58?,59?,60-,61-,62-/m1/s1. The Morgan fingerprint density at radius 1 is 0.341 bits per heavy atom. The minimum absolute atomic E-state index is 0.104. The molecule has 0 fully saturated rings. The van der Waals surface area contributed by atoms with Crippen LogP contribution >= 0.6 is 15.6 Å². The molecule has 0 bridgehead atoms. The fraction of sp³-hybridized carbons (Fsp3) is 0.939. The Morgan fingerprint density at radius 2 is 0.600 bits per heavy atom. The highest BCUT2D eigenvalue weighted by atomic mass is 31.2. The Labute approximate surface area is 517 Å². The van der Waals surface area contributed by atoms with Crippen LogP contribution in [0.3, 0.4) is 0 Å². The van der Waals surface area contributed by atoms with Gasteiger partial charge in [-0.15, -0.1) is 0 Å². The van der Waals surface area contributed by atoms with E-state index in [2.05, 4.69) is 48.5 Å². The van der Waals surface area contributed by atoms with Crippen LogP contribution in [-0.2, 0) is 65.4 Å². The number of esters is 4. The van der Waals surface area contributed by atoms with Crippen molar-refractivity contribution >= 4 is 39.5 Å². The van der Waals surface area contributed by atoms with Gasteiger partial charge in [0.2, 0.25) is 0 Å². The monoisotopic (exact) mass is 1250 g/mol. The minimum atomic E-state index is -4.95. The molecule has 85 heavy (non-hydrogen) atoms. The number of carbonyl (C=O) groups is 4. The molecule has 0 saturated carbocycles. The summed E-state index contributed by atoms with van der Waals surface area (Å²) in [5.74, 6) is 0.119. The van der Waals surface area contributed by atoms with Gasteiger partial charge >= 0.3 is 39.5 Å². The molecule has 0 rings (SSSR count). The van der Waals surface area contributed by atoms with Gasteiger partial charge in [-0.05, 0) is 43.4 Å². The third kappa shape index (κ3) is 58.2. The van der Waals surface area contributed by atoms with Crippen LogP contribution in [-0.4, -0.2) is 96.7 Å². The molecule has 19 heteroatoms. The van der Waals surface area contributed by atoms with Crippen LogP contribution in [0.25, 0.3) is 0 Å². The summed E-state index contributed by atoms with van der Waals surface area (Å²) < 4.78 is 68.1. The minimum Gasteiger partial charge on any atom is -0.462 e. The predicted molar refractivity (Wildman–Crippen MR) is 340 cm³/mol. The van der Waals surface area contributed by atoms with Crippen LogP contribution < -0.4 is 0 Å². The normalized spacial score (nSPS) is 15.0. The van der Waals surface area contributed by atoms with Crippen molar-refractivity contribution in [1.29, 1.82) is 0 Å². The van der Waals surface area contributed by atoms with Crippen molar-refractivity contribution in [2.75, 3.05) is 39.6 Å². The molecule has 17 nitrogen and oxygen atoms in total. The van der Waals surface area contributed by atoms with Crippen LogP contribution in [0, 0.1) is 17.8 Å². The maximum absolute atomic E-state index is 13.0. The van der Waals surface area contributed by atoms with E-state index in [0.29, 0.717) is 31.6 Å². The SMILES string of the molecule is CCCCCCCCCCCCCC(=O)O[C@H](COC(=O)CCCCCCCCCC(C)C)COP(=O)(O)OC[C@H](O)COP(=O)(O)OC[C@@H](COC(=O)CCCCCCCCCCC(C)CC)OC(=O)CCCCCCCCCCC(C)CC. The second-order valence-electron chi connectivity index (χ2n) is 24.8. The molecule has 0 aliphatic rings. The Hall–Kier alpha value is -1.94. The fourth-order valence-electron chi connectivity index (χ4n) is 9.77. The molecule has 0 aromatic rings. The summed E-state index contributed by atoms with van der Waals surface area (Å²) in [6.45, 7) is 11.8. The second-order valence-corrected chi connectivity index (χ2v) is 27.7. The van der Waals surface area contributed by atoms with E-state index in [1.54, 1.807) is 0 Å². The van der Waals surface area contributed by atoms with Gasteiger partial charge in [0.1, 0.15) is 19.3 Å². The van der Waals surface area contributed by atoms with Crippen molar-refractivity contribution < 1.29 is 80.2 Å². The molecule has 0 aliphatic carbocycles. The zero-order valence-electron chi connectivity index (χ0n) is 55.1.